The van der Waals surface area contributed by atoms with Gasteiger partial charge in [0, 0.05) is 32.8 Å². The van der Waals surface area contributed by atoms with E-state index in [1.54, 1.807) is 19.0 Å². The molecular weight excluding hydrogens is 340 g/mol. The number of ether oxygens (including phenoxy) is 1. The van der Waals surface area contributed by atoms with Crippen LogP contribution in [0.25, 0.3) is 0 Å². The van der Waals surface area contributed by atoms with Crippen LogP contribution in [0.15, 0.2) is 29.3 Å². The Labute approximate surface area is 162 Å². The van der Waals surface area contributed by atoms with Crippen LogP contribution in [0, 0.1) is 0 Å². The zero-order valence-electron chi connectivity index (χ0n) is 16.7. The first-order valence-electron chi connectivity index (χ1n) is 9.97. The fraction of sp³-hybridized carbons (Fsp3) is 0.619. The second-order valence-electron chi connectivity index (χ2n) is 7.85. The van der Waals surface area contributed by atoms with Gasteiger partial charge in [0.1, 0.15) is 6.54 Å². The molecule has 0 radical (unpaired) electrons. The molecule has 1 fully saturated rings. The van der Waals surface area contributed by atoms with Crippen LogP contribution in [-0.2, 0) is 22.4 Å². The van der Waals surface area contributed by atoms with Crippen molar-refractivity contribution in [2.75, 3.05) is 27.2 Å². The van der Waals surface area contributed by atoms with Crippen molar-refractivity contribution < 1.29 is 9.53 Å². The smallest absolute Gasteiger partial charge is 0.243 e. The highest BCUT2D eigenvalue weighted by molar-refractivity contribution is 5.85. The molecule has 6 heteroatoms. The van der Waals surface area contributed by atoms with E-state index in [1.807, 2.05) is 0 Å². The molecule has 0 spiro atoms. The Morgan fingerprint density at radius 2 is 1.93 bits per heavy atom. The predicted molar refractivity (Wildman–Crippen MR) is 108 cm³/mol. The molecule has 1 aromatic rings. The van der Waals surface area contributed by atoms with Crippen LogP contribution < -0.4 is 10.6 Å². The number of carbonyl (C=O) groups is 1. The second kappa shape index (κ2) is 9.22. The number of rotatable bonds is 4. The first kappa shape index (κ1) is 19.7. The topological polar surface area (TPSA) is 66.0 Å². The number of fused-ring (bicyclic) bond motifs is 1. The third-order valence-electron chi connectivity index (χ3n) is 5.38. The van der Waals surface area contributed by atoms with E-state index in [1.165, 1.54) is 11.1 Å². The Morgan fingerprint density at radius 3 is 2.67 bits per heavy atom. The summed E-state index contributed by atoms with van der Waals surface area (Å²) in [5.41, 5.74) is 2.85. The molecule has 27 heavy (non-hydrogen) atoms. The van der Waals surface area contributed by atoms with Crippen molar-refractivity contribution in [2.45, 2.75) is 57.2 Å². The molecule has 3 unspecified atom stereocenters. The quantitative estimate of drug-likeness (QED) is 0.624. The Morgan fingerprint density at radius 1 is 1.19 bits per heavy atom. The fourth-order valence-corrected chi connectivity index (χ4v) is 3.76. The van der Waals surface area contributed by atoms with Gasteiger partial charge in [-0.15, -0.1) is 0 Å². The van der Waals surface area contributed by atoms with Gasteiger partial charge in [-0.05, 0) is 50.2 Å². The van der Waals surface area contributed by atoms with Gasteiger partial charge in [-0.2, -0.15) is 0 Å². The van der Waals surface area contributed by atoms with Crippen LogP contribution in [0.3, 0.4) is 0 Å². The lowest BCUT2D eigenvalue weighted by Gasteiger charge is -2.32. The lowest BCUT2D eigenvalue weighted by Crippen LogP contribution is -2.51. The maximum Gasteiger partial charge on any atom is 0.243 e. The van der Waals surface area contributed by atoms with Crippen molar-refractivity contribution in [3.05, 3.63) is 35.4 Å². The van der Waals surface area contributed by atoms with E-state index in [0.717, 1.165) is 44.7 Å². The van der Waals surface area contributed by atoms with Crippen LogP contribution in [0.2, 0.25) is 0 Å². The summed E-state index contributed by atoms with van der Waals surface area (Å²) in [6.45, 7) is 3.02. The summed E-state index contributed by atoms with van der Waals surface area (Å²) >= 11 is 0. The first-order valence-corrected chi connectivity index (χ1v) is 9.97. The van der Waals surface area contributed by atoms with Crippen molar-refractivity contribution >= 4 is 11.9 Å². The van der Waals surface area contributed by atoms with Crippen molar-refractivity contribution in [1.29, 1.82) is 0 Å². The van der Waals surface area contributed by atoms with Gasteiger partial charge in [-0.25, -0.2) is 4.99 Å². The van der Waals surface area contributed by atoms with Gasteiger partial charge >= 0.3 is 0 Å². The minimum absolute atomic E-state index is 0.00503. The third-order valence-corrected chi connectivity index (χ3v) is 5.38. The van der Waals surface area contributed by atoms with Crippen molar-refractivity contribution in [1.82, 2.24) is 15.5 Å². The number of hydrogen-bond acceptors (Lipinski definition) is 3. The number of hydrogen-bond donors (Lipinski definition) is 2. The standard InChI is InChI=1S/C21H32N4O2/c1-15-12-19(10-11-27-15)24-21(22-14-20(26)25(2)3)23-18-9-8-16-6-4-5-7-17(16)13-18/h4-7,15,18-19H,8-14H2,1-3H3,(H2,22,23,24). The lowest BCUT2D eigenvalue weighted by molar-refractivity contribution is -0.127. The number of aryl methyl sites for hydroxylation is 1. The van der Waals surface area contributed by atoms with Gasteiger partial charge in [0.05, 0.1) is 6.10 Å². The number of benzene rings is 1. The van der Waals surface area contributed by atoms with Crippen molar-refractivity contribution in [2.24, 2.45) is 4.99 Å². The van der Waals surface area contributed by atoms with Crippen LogP contribution in [0.1, 0.15) is 37.3 Å². The molecule has 1 heterocycles. The largest absolute Gasteiger partial charge is 0.378 e. The summed E-state index contributed by atoms with van der Waals surface area (Å²) in [7, 11) is 3.52. The van der Waals surface area contributed by atoms with Gasteiger partial charge < -0.3 is 20.3 Å². The maximum atomic E-state index is 12.0. The molecule has 2 N–H and O–H groups in total. The SMILES string of the molecule is CC1CC(NC(=NCC(=O)N(C)C)NC2CCc3ccccc3C2)CCO1. The first-order chi connectivity index (χ1) is 13.0. The highest BCUT2D eigenvalue weighted by atomic mass is 16.5. The van der Waals surface area contributed by atoms with Gasteiger partial charge in [0.15, 0.2) is 5.96 Å². The van der Waals surface area contributed by atoms with Gasteiger partial charge in [0.2, 0.25) is 5.91 Å². The van der Waals surface area contributed by atoms with Crippen LogP contribution in [0.4, 0.5) is 0 Å². The van der Waals surface area contributed by atoms with E-state index in [4.69, 9.17) is 4.74 Å². The summed E-state index contributed by atoms with van der Waals surface area (Å²) in [4.78, 5) is 18.1. The Bertz CT molecular complexity index is 674. The minimum Gasteiger partial charge on any atom is -0.378 e. The molecule has 1 aliphatic heterocycles. The molecule has 1 amide bonds. The number of likely N-dealkylation sites (N-methyl/N-ethyl adjacent to an activating group) is 1. The normalized spacial score (nSPS) is 25.4. The lowest BCUT2D eigenvalue weighted by atomic mass is 9.88. The number of amides is 1. The molecule has 3 rings (SSSR count). The highest BCUT2D eigenvalue weighted by Gasteiger charge is 2.23. The number of nitrogens with zero attached hydrogens (tertiary/aromatic N) is 2. The molecular formula is C21H32N4O2. The number of carbonyl (C=O) groups excluding carboxylic acids is 1. The summed E-state index contributed by atoms with van der Waals surface area (Å²) in [5.74, 6) is 0.749. The Kier molecular flexibility index (Phi) is 6.72. The molecule has 0 bridgehead atoms. The van der Waals surface area contributed by atoms with E-state index in [-0.39, 0.29) is 18.6 Å². The van der Waals surface area contributed by atoms with Crippen molar-refractivity contribution in [3.63, 3.8) is 0 Å². The average Bonchev–Trinajstić information content (AvgIpc) is 2.65. The molecule has 0 saturated carbocycles. The molecule has 2 aliphatic rings. The maximum absolute atomic E-state index is 12.0. The number of guanidine groups is 1. The molecule has 1 aromatic carbocycles. The van der Waals surface area contributed by atoms with Gasteiger partial charge in [-0.3, -0.25) is 4.79 Å². The van der Waals surface area contributed by atoms with Crippen LogP contribution in [0.5, 0.6) is 0 Å². The van der Waals surface area contributed by atoms with E-state index < -0.39 is 0 Å². The summed E-state index contributed by atoms with van der Waals surface area (Å²) in [6.07, 6.45) is 5.30. The summed E-state index contributed by atoms with van der Waals surface area (Å²) < 4.78 is 5.65. The number of nitrogens with one attached hydrogen (secondary N) is 2. The minimum atomic E-state index is 0.00503. The second-order valence-corrected chi connectivity index (χ2v) is 7.85. The van der Waals surface area contributed by atoms with Crippen LogP contribution >= 0.6 is 0 Å². The number of aliphatic imine (C=N–C) groups is 1. The van der Waals surface area contributed by atoms with Gasteiger partial charge in [-0.1, -0.05) is 24.3 Å². The molecule has 148 valence electrons. The third kappa shape index (κ3) is 5.70. The zero-order chi connectivity index (χ0) is 19.2. The zero-order valence-corrected chi connectivity index (χ0v) is 16.7. The monoisotopic (exact) mass is 372 g/mol. The van der Waals surface area contributed by atoms with Gasteiger partial charge in [0.25, 0.3) is 0 Å². The molecule has 1 aliphatic carbocycles. The fourth-order valence-electron chi connectivity index (χ4n) is 3.76. The van der Waals surface area contributed by atoms with Crippen LogP contribution in [-0.4, -0.2) is 62.2 Å². The Balaban J connectivity index is 1.65. The molecule has 0 aromatic heterocycles. The van der Waals surface area contributed by atoms with E-state index in [9.17, 15) is 4.79 Å². The van der Waals surface area contributed by atoms with E-state index >= 15 is 0 Å². The Hall–Kier alpha value is -2.08. The van der Waals surface area contributed by atoms with Crippen molar-refractivity contribution in [3.8, 4) is 0 Å². The highest BCUT2D eigenvalue weighted by Crippen LogP contribution is 2.21. The summed E-state index contributed by atoms with van der Waals surface area (Å²) in [5, 5.41) is 7.12. The van der Waals surface area contributed by atoms with E-state index in [2.05, 4.69) is 46.8 Å². The summed E-state index contributed by atoms with van der Waals surface area (Å²) in [6, 6.07) is 9.30. The van der Waals surface area contributed by atoms with E-state index in [0.29, 0.717) is 12.1 Å². The average molecular weight is 373 g/mol. The molecule has 1 saturated heterocycles. The molecule has 3 atom stereocenters. The predicted octanol–water partition coefficient (Wildman–Crippen LogP) is 1.73. The molecule has 6 nitrogen and oxygen atoms in total.